The lowest BCUT2D eigenvalue weighted by molar-refractivity contribution is 0.00507. The Bertz CT molecular complexity index is 600. The number of hydrogen-bond acceptors (Lipinski definition) is 4. The van der Waals surface area contributed by atoms with Gasteiger partial charge in [-0.25, -0.2) is 4.79 Å². The molecule has 110 valence electrons. The standard InChI is InChI=1S/C11H17N2O4P3/c1-6-3-9(17-8(6)5-18-20-19-16)13-4-7(2)10(14)12-11(13)15/h4,6,8-9,18,20H,3,5H2,1-2H3,(H,12,14,15)/t6?,8-,9-/m1/s1. The van der Waals surface area contributed by atoms with Crippen molar-refractivity contribution >= 4 is 24.4 Å². The summed E-state index contributed by atoms with van der Waals surface area (Å²) in [6, 6.07) is 0. The molecule has 0 aliphatic carbocycles. The number of rotatable bonds is 5. The molecule has 1 aliphatic heterocycles. The van der Waals surface area contributed by atoms with E-state index in [4.69, 9.17) is 4.74 Å². The van der Waals surface area contributed by atoms with Crippen molar-refractivity contribution in [1.82, 2.24) is 9.55 Å². The molecular weight excluding hydrogens is 317 g/mol. The summed E-state index contributed by atoms with van der Waals surface area (Å²) < 4.78 is 17.8. The number of aryl methyl sites for hydroxylation is 1. The second-order valence-corrected chi connectivity index (χ2v) is 10.4. The molecule has 0 aromatic carbocycles. The van der Waals surface area contributed by atoms with Gasteiger partial charge >= 0.3 is 5.69 Å². The Balaban J connectivity index is 2.12. The highest BCUT2D eigenvalue weighted by atomic mass is 32.4. The normalized spacial score (nSPS) is 27.4. The second kappa shape index (κ2) is 7.04. The number of aromatic amines is 1. The molecule has 1 aliphatic rings. The fourth-order valence-electron chi connectivity index (χ4n) is 2.27. The SMILES string of the molecule is Cc1cn([C@H]2CC(C)[C@@H](CPPP=O)O2)c(=O)[nH]c1=O. The summed E-state index contributed by atoms with van der Waals surface area (Å²) in [5.41, 5.74) is -0.287. The van der Waals surface area contributed by atoms with E-state index < -0.39 is 5.69 Å². The molecular formula is C11H17N2O4P3. The average Bonchev–Trinajstić information content (AvgIpc) is 2.76. The van der Waals surface area contributed by atoms with Gasteiger partial charge < -0.3 is 4.74 Å². The van der Waals surface area contributed by atoms with Crippen LogP contribution >= 0.6 is 24.4 Å². The smallest absolute Gasteiger partial charge is 0.330 e. The van der Waals surface area contributed by atoms with Crippen LogP contribution in [0.25, 0.3) is 0 Å². The number of nitrogens with zero attached hydrogens (tertiary/aromatic N) is 1. The molecule has 0 amide bonds. The Morgan fingerprint density at radius 2 is 2.30 bits per heavy atom. The summed E-state index contributed by atoms with van der Waals surface area (Å²) in [5.74, 6) is 0.347. The molecule has 6 nitrogen and oxygen atoms in total. The van der Waals surface area contributed by atoms with Gasteiger partial charge in [0.05, 0.1) is 6.10 Å². The third kappa shape index (κ3) is 3.62. The molecule has 1 N–H and O–H groups in total. The molecule has 2 rings (SSSR count). The summed E-state index contributed by atoms with van der Waals surface area (Å²) in [6.07, 6.45) is 2.95. The molecule has 2 heterocycles. The highest BCUT2D eigenvalue weighted by Crippen LogP contribution is 2.49. The molecule has 0 spiro atoms. The number of nitrogens with one attached hydrogen (secondary N) is 1. The summed E-state index contributed by atoms with van der Waals surface area (Å²) >= 11 is 0. The molecule has 1 saturated heterocycles. The number of H-pyrrole nitrogens is 1. The number of aromatic nitrogens is 2. The van der Waals surface area contributed by atoms with E-state index in [1.807, 2.05) is 0 Å². The Kier molecular flexibility index (Phi) is 5.63. The first-order valence-electron chi connectivity index (χ1n) is 6.30. The van der Waals surface area contributed by atoms with Gasteiger partial charge in [-0.1, -0.05) is 15.2 Å². The van der Waals surface area contributed by atoms with E-state index in [9.17, 15) is 14.2 Å². The minimum atomic E-state index is -0.430. The number of hydrogen-bond donors (Lipinski definition) is 1. The topological polar surface area (TPSA) is 81.2 Å². The Morgan fingerprint density at radius 1 is 1.55 bits per heavy atom. The van der Waals surface area contributed by atoms with Gasteiger partial charge in [-0.05, 0) is 33.4 Å². The molecule has 1 aromatic heterocycles. The van der Waals surface area contributed by atoms with Crippen molar-refractivity contribution in [3.05, 3.63) is 32.6 Å². The van der Waals surface area contributed by atoms with Crippen LogP contribution in [0.1, 0.15) is 25.1 Å². The van der Waals surface area contributed by atoms with Gasteiger partial charge in [0, 0.05) is 11.8 Å². The largest absolute Gasteiger partial charge is 0.354 e. The maximum atomic E-state index is 11.8. The van der Waals surface area contributed by atoms with Crippen molar-refractivity contribution in [2.24, 2.45) is 5.92 Å². The highest BCUT2D eigenvalue weighted by Gasteiger charge is 2.33. The summed E-state index contributed by atoms with van der Waals surface area (Å²) in [6.45, 7) is 3.76. The molecule has 0 saturated carbocycles. The first-order valence-corrected chi connectivity index (χ1v) is 11.2. The van der Waals surface area contributed by atoms with Crippen molar-refractivity contribution < 1.29 is 9.30 Å². The minimum absolute atomic E-state index is 0.0896. The summed E-state index contributed by atoms with van der Waals surface area (Å²) in [7, 11) is 1.26. The van der Waals surface area contributed by atoms with E-state index in [2.05, 4.69) is 11.9 Å². The lowest BCUT2D eigenvalue weighted by Crippen LogP contribution is -2.33. The van der Waals surface area contributed by atoms with Crippen LogP contribution in [0, 0.1) is 12.8 Å². The quantitative estimate of drug-likeness (QED) is 0.661. The van der Waals surface area contributed by atoms with Crippen molar-refractivity contribution in [3.8, 4) is 0 Å². The monoisotopic (exact) mass is 334 g/mol. The zero-order valence-corrected chi connectivity index (χ0v) is 14.1. The zero-order valence-electron chi connectivity index (χ0n) is 11.3. The van der Waals surface area contributed by atoms with Crippen LogP contribution < -0.4 is 11.2 Å². The molecule has 0 radical (unpaired) electrons. The lowest BCUT2D eigenvalue weighted by atomic mass is 10.1. The van der Waals surface area contributed by atoms with Gasteiger partial charge in [-0.2, -0.15) is 0 Å². The maximum Gasteiger partial charge on any atom is 0.330 e. The van der Waals surface area contributed by atoms with Crippen molar-refractivity contribution in [2.45, 2.75) is 32.6 Å². The molecule has 20 heavy (non-hydrogen) atoms. The minimum Gasteiger partial charge on any atom is -0.354 e. The van der Waals surface area contributed by atoms with Gasteiger partial charge in [0.1, 0.15) is 6.23 Å². The predicted molar refractivity (Wildman–Crippen MR) is 82.9 cm³/mol. The predicted octanol–water partition coefficient (Wildman–Crippen LogP) is 2.25. The first kappa shape index (κ1) is 16.0. The van der Waals surface area contributed by atoms with E-state index in [1.165, 1.54) is 4.57 Å². The molecule has 9 heteroatoms. The summed E-state index contributed by atoms with van der Waals surface area (Å²) in [5, 5.41) is 0. The number of ether oxygens (including phenoxy) is 1. The van der Waals surface area contributed by atoms with Crippen LogP contribution in [0.3, 0.4) is 0 Å². The second-order valence-electron chi connectivity index (χ2n) is 4.90. The maximum absolute atomic E-state index is 11.8. The van der Waals surface area contributed by atoms with Gasteiger partial charge in [0.15, 0.2) is 8.15 Å². The molecule has 0 bridgehead atoms. The van der Waals surface area contributed by atoms with Crippen LogP contribution in [0.4, 0.5) is 0 Å². The third-order valence-electron chi connectivity index (χ3n) is 3.42. The Morgan fingerprint density at radius 3 is 3.00 bits per heavy atom. The van der Waals surface area contributed by atoms with Gasteiger partial charge in [0.25, 0.3) is 5.56 Å². The van der Waals surface area contributed by atoms with Crippen LogP contribution in [-0.4, -0.2) is 21.8 Å². The van der Waals surface area contributed by atoms with Crippen LogP contribution in [-0.2, 0) is 9.30 Å². The highest BCUT2D eigenvalue weighted by molar-refractivity contribution is 8.40. The Labute approximate surface area is 121 Å². The molecule has 1 fully saturated rings. The van der Waals surface area contributed by atoms with Gasteiger partial charge in [-0.15, -0.1) is 0 Å². The molecule has 1 aromatic rings. The Hall–Kier alpha value is -0.400. The van der Waals surface area contributed by atoms with Gasteiger partial charge in [-0.3, -0.25) is 18.9 Å². The van der Waals surface area contributed by atoms with Crippen LogP contribution in [0.5, 0.6) is 0 Å². The van der Waals surface area contributed by atoms with Crippen molar-refractivity contribution in [2.75, 3.05) is 6.16 Å². The van der Waals surface area contributed by atoms with Crippen LogP contribution in [0.2, 0.25) is 0 Å². The first-order chi connectivity index (χ1) is 9.52. The van der Waals surface area contributed by atoms with Crippen LogP contribution in [0.15, 0.2) is 15.8 Å². The molecule has 3 unspecified atom stereocenters. The lowest BCUT2D eigenvalue weighted by Gasteiger charge is -2.16. The van der Waals surface area contributed by atoms with E-state index in [0.717, 1.165) is 12.6 Å². The third-order valence-corrected chi connectivity index (χ3v) is 7.89. The van der Waals surface area contributed by atoms with E-state index in [0.29, 0.717) is 27.7 Å². The van der Waals surface area contributed by atoms with E-state index in [1.54, 1.807) is 13.1 Å². The van der Waals surface area contributed by atoms with Crippen molar-refractivity contribution in [3.63, 3.8) is 0 Å². The fourth-order valence-corrected chi connectivity index (χ4v) is 5.60. The fraction of sp³-hybridized carbons (Fsp3) is 0.636. The van der Waals surface area contributed by atoms with E-state index in [-0.39, 0.29) is 26.0 Å². The van der Waals surface area contributed by atoms with Crippen molar-refractivity contribution in [1.29, 1.82) is 0 Å². The van der Waals surface area contributed by atoms with Gasteiger partial charge in [0.2, 0.25) is 0 Å². The molecule has 5 atom stereocenters. The average molecular weight is 334 g/mol. The summed E-state index contributed by atoms with van der Waals surface area (Å²) in [4.78, 5) is 25.5. The van der Waals surface area contributed by atoms with E-state index >= 15 is 0 Å². The zero-order chi connectivity index (χ0) is 14.7.